The van der Waals surface area contributed by atoms with Gasteiger partial charge < -0.3 is 15.6 Å². The second kappa shape index (κ2) is 5.82. The second-order valence-electron chi connectivity index (χ2n) is 5.16. The van der Waals surface area contributed by atoms with Gasteiger partial charge in [-0.2, -0.15) is 0 Å². The molecule has 0 aliphatic carbocycles. The van der Waals surface area contributed by atoms with E-state index in [1.807, 2.05) is 42.7 Å². The van der Waals surface area contributed by atoms with Crippen LogP contribution in [0.15, 0.2) is 36.5 Å². The zero-order valence-corrected chi connectivity index (χ0v) is 12.2. The van der Waals surface area contributed by atoms with Crippen LogP contribution >= 0.6 is 0 Å². The summed E-state index contributed by atoms with van der Waals surface area (Å²) < 4.78 is 1.88. The van der Waals surface area contributed by atoms with Crippen molar-refractivity contribution in [3.63, 3.8) is 0 Å². The van der Waals surface area contributed by atoms with Gasteiger partial charge in [0.05, 0.1) is 5.69 Å². The molecule has 3 N–H and O–H groups in total. The van der Waals surface area contributed by atoms with E-state index in [1.165, 1.54) is 5.56 Å². The van der Waals surface area contributed by atoms with Crippen LogP contribution in [0.2, 0.25) is 0 Å². The van der Waals surface area contributed by atoms with Crippen molar-refractivity contribution in [3.8, 4) is 0 Å². The van der Waals surface area contributed by atoms with Gasteiger partial charge in [0.25, 0.3) is 5.91 Å². The molecule has 2 aromatic rings. The van der Waals surface area contributed by atoms with Crippen molar-refractivity contribution in [1.29, 1.82) is 0 Å². The van der Waals surface area contributed by atoms with Gasteiger partial charge in [-0.1, -0.05) is 19.1 Å². The lowest BCUT2D eigenvalue weighted by Crippen LogP contribution is -2.17. The molecule has 0 fully saturated rings. The summed E-state index contributed by atoms with van der Waals surface area (Å²) >= 11 is 0. The van der Waals surface area contributed by atoms with Crippen LogP contribution in [-0.2, 0) is 6.42 Å². The van der Waals surface area contributed by atoms with Crippen molar-refractivity contribution in [3.05, 3.63) is 47.8 Å². The largest absolute Gasteiger partial charge is 0.397 e. The van der Waals surface area contributed by atoms with Crippen molar-refractivity contribution in [2.45, 2.75) is 33.2 Å². The number of amides is 1. The Bertz CT molecular complexity index is 597. The van der Waals surface area contributed by atoms with Crippen molar-refractivity contribution < 1.29 is 4.79 Å². The van der Waals surface area contributed by atoms with E-state index in [4.69, 9.17) is 5.73 Å². The molecule has 2 rings (SSSR count). The van der Waals surface area contributed by atoms with E-state index in [0.29, 0.717) is 11.4 Å². The topological polar surface area (TPSA) is 60.1 Å². The predicted molar refractivity (Wildman–Crippen MR) is 83.0 cm³/mol. The van der Waals surface area contributed by atoms with Crippen molar-refractivity contribution >= 4 is 17.3 Å². The van der Waals surface area contributed by atoms with E-state index in [9.17, 15) is 4.79 Å². The molecule has 1 heterocycles. The fourth-order valence-electron chi connectivity index (χ4n) is 2.13. The maximum Gasteiger partial charge on any atom is 0.272 e. The van der Waals surface area contributed by atoms with Gasteiger partial charge in [0.2, 0.25) is 0 Å². The number of nitrogens with zero attached hydrogens (tertiary/aromatic N) is 1. The van der Waals surface area contributed by atoms with Gasteiger partial charge in [0, 0.05) is 17.9 Å². The summed E-state index contributed by atoms with van der Waals surface area (Å²) in [6, 6.07) is 9.77. The monoisotopic (exact) mass is 271 g/mol. The molecular formula is C16H21N3O. The van der Waals surface area contributed by atoms with Crippen LogP contribution in [0.25, 0.3) is 0 Å². The molecule has 0 atom stereocenters. The Kier molecular flexibility index (Phi) is 4.13. The maximum absolute atomic E-state index is 12.3. The molecule has 1 amide bonds. The highest BCUT2D eigenvalue weighted by Gasteiger charge is 2.14. The molecule has 0 saturated heterocycles. The zero-order chi connectivity index (χ0) is 14.7. The number of hydrogen-bond acceptors (Lipinski definition) is 2. The van der Waals surface area contributed by atoms with Crippen LogP contribution in [0.5, 0.6) is 0 Å². The van der Waals surface area contributed by atoms with E-state index in [0.717, 1.165) is 12.1 Å². The fourth-order valence-corrected chi connectivity index (χ4v) is 2.13. The first kappa shape index (κ1) is 14.2. The van der Waals surface area contributed by atoms with Gasteiger partial charge in [-0.15, -0.1) is 0 Å². The molecule has 0 aliphatic rings. The molecule has 0 aliphatic heterocycles. The van der Waals surface area contributed by atoms with Crippen LogP contribution < -0.4 is 11.1 Å². The van der Waals surface area contributed by atoms with Crippen LogP contribution in [0.3, 0.4) is 0 Å². The third-order valence-corrected chi connectivity index (χ3v) is 3.28. The SMILES string of the molecule is CCc1ccc(NC(=O)c2cc(N)cn2C(C)C)cc1. The number of nitrogens with two attached hydrogens (primary N) is 1. The van der Waals surface area contributed by atoms with Gasteiger partial charge in [-0.05, 0) is 44.0 Å². The normalized spacial score (nSPS) is 10.8. The highest BCUT2D eigenvalue weighted by atomic mass is 16.1. The average molecular weight is 271 g/mol. The molecule has 4 nitrogen and oxygen atoms in total. The Balaban J connectivity index is 2.19. The first-order valence-electron chi connectivity index (χ1n) is 6.89. The summed E-state index contributed by atoms with van der Waals surface area (Å²) in [4.78, 5) is 12.3. The van der Waals surface area contributed by atoms with Crippen LogP contribution in [0, 0.1) is 0 Å². The Morgan fingerprint density at radius 3 is 2.50 bits per heavy atom. The molecule has 1 aromatic heterocycles. The second-order valence-corrected chi connectivity index (χ2v) is 5.16. The summed E-state index contributed by atoms with van der Waals surface area (Å²) in [7, 11) is 0. The van der Waals surface area contributed by atoms with E-state index < -0.39 is 0 Å². The quantitative estimate of drug-likeness (QED) is 0.894. The van der Waals surface area contributed by atoms with E-state index >= 15 is 0 Å². The minimum Gasteiger partial charge on any atom is -0.397 e. The lowest BCUT2D eigenvalue weighted by atomic mass is 10.1. The fraction of sp³-hybridized carbons (Fsp3) is 0.312. The summed E-state index contributed by atoms with van der Waals surface area (Å²) in [6.07, 6.45) is 2.78. The summed E-state index contributed by atoms with van der Waals surface area (Å²) in [5, 5.41) is 2.90. The lowest BCUT2D eigenvalue weighted by Gasteiger charge is -2.12. The number of aryl methyl sites for hydroxylation is 1. The highest BCUT2D eigenvalue weighted by Crippen LogP contribution is 2.18. The number of rotatable bonds is 4. The van der Waals surface area contributed by atoms with Gasteiger partial charge in [0.15, 0.2) is 0 Å². The van der Waals surface area contributed by atoms with Gasteiger partial charge in [0.1, 0.15) is 5.69 Å². The van der Waals surface area contributed by atoms with Crippen LogP contribution in [0.1, 0.15) is 42.9 Å². The summed E-state index contributed by atoms with van der Waals surface area (Å²) in [5.41, 5.74) is 9.01. The van der Waals surface area contributed by atoms with Gasteiger partial charge in [-0.3, -0.25) is 4.79 Å². The molecule has 4 heteroatoms. The highest BCUT2D eigenvalue weighted by molar-refractivity contribution is 6.03. The minimum atomic E-state index is -0.139. The molecule has 1 aromatic carbocycles. The number of hydrogen-bond donors (Lipinski definition) is 2. The lowest BCUT2D eigenvalue weighted by molar-refractivity contribution is 0.101. The first-order chi connectivity index (χ1) is 9.51. The zero-order valence-electron chi connectivity index (χ0n) is 12.2. The van der Waals surface area contributed by atoms with Crippen molar-refractivity contribution in [1.82, 2.24) is 4.57 Å². The number of aromatic nitrogens is 1. The Labute approximate surface area is 119 Å². The number of anilines is 2. The Morgan fingerprint density at radius 2 is 1.95 bits per heavy atom. The van der Waals surface area contributed by atoms with Crippen molar-refractivity contribution in [2.75, 3.05) is 11.1 Å². The van der Waals surface area contributed by atoms with Crippen molar-refractivity contribution in [2.24, 2.45) is 0 Å². The van der Waals surface area contributed by atoms with Crippen LogP contribution in [-0.4, -0.2) is 10.5 Å². The third kappa shape index (κ3) is 3.02. The number of benzene rings is 1. The maximum atomic E-state index is 12.3. The molecule has 0 spiro atoms. The number of carbonyl (C=O) groups is 1. The summed E-state index contributed by atoms with van der Waals surface area (Å²) in [5.74, 6) is -0.139. The number of nitrogen functional groups attached to an aromatic ring is 1. The molecule has 0 radical (unpaired) electrons. The van der Waals surface area contributed by atoms with E-state index in [1.54, 1.807) is 12.3 Å². The Morgan fingerprint density at radius 1 is 1.30 bits per heavy atom. The van der Waals surface area contributed by atoms with Crippen LogP contribution in [0.4, 0.5) is 11.4 Å². The number of nitrogens with one attached hydrogen (secondary N) is 1. The molecule has 0 bridgehead atoms. The van der Waals surface area contributed by atoms with Gasteiger partial charge >= 0.3 is 0 Å². The minimum absolute atomic E-state index is 0.139. The van der Waals surface area contributed by atoms with E-state index in [2.05, 4.69) is 12.2 Å². The third-order valence-electron chi connectivity index (χ3n) is 3.28. The number of carbonyl (C=O) groups excluding carboxylic acids is 1. The average Bonchev–Trinajstić information content (AvgIpc) is 2.82. The standard InChI is InChI=1S/C16H21N3O/c1-4-12-5-7-14(8-6-12)18-16(20)15-9-13(17)10-19(15)11(2)3/h5-11H,4,17H2,1-3H3,(H,18,20). The molecular weight excluding hydrogens is 250 g/mol. The summed E-state index contributed by atoms with van der Waals surface area (Å²) in [6.45, 7) is 6.14. The molecule has 0 saturated carbocycles. The molecule has 106 valence electrons. The molecule has 0 unspecified atom stereocenters. The molecule has 20 heavy (non-hydrogen) atoms. The smallest absolute Gasteiger partial charge is 0.272 e. The van der Waals surface area contributed by atoms with Gasteiger partial charge in [-0.25, -0.2) is 0 Å². The predicted octanol–water partition coefficient (Wildman–Crippen LogP) is 3.47. The first-order valence-corrected chi connectivity index (χ1v) is 6.89. The van der Waals surface area contributed by atoms with E-state index in [-0.39, 0.29) is 11.9 Å². The Hall–Kier alpha value is -2.23.